The van der Waals surface area contributed by atoms with Gasteiger partial charge in [0, 0.05) is 42.9 Å². The lowest BCUT2D eigenvalue weighted by Gasteiger charge is -2.36. The number of benzene rings is 2. The third-order valence-corrected chi connectivity index (χ3v) is 6.17. The third-order valence-electron chi connectivity index (χ3n) is 5.92. The van der Waals surface area contributed by atoms with E-state index in [1.807, 2.05) is 0 Å². The zero-order chi connectivity index (χ0) is 24.5. The first kappa shape index (κ1) is 25.5. The fourth-order valence-corrected chi connectivity index (χ4v) is 4.09. The Hall–Kier alpha value is -3.10. The van der Waals surface area contributed by atoms with Gasteiger partial charge in [0.15, 0.2) is 0 Å². The van der Waals surface area contributed by atoms with Crippen LogP contribution in [0.2, 0.25) is 5.02 Å². The van der Waals surface area contributed by atoms with Gasteiger partial charge in [-0.2, -0.15) is 0 Å². The predicted octanol–water partition coefficient (Wildman–Crippen LogP) is 2.76. The average molecular weight is 488 g/mol. The maximum atomic E-state index is 13.0. The molecule has 1 saturated heterocycles. The molecule has 1 unspecified atom stereocenters. The zero-order valence-electron chi connectivity index (χ0n) is 19.4. The van der Waals surface area contributed by atoms with Crippen molar-refractivity contribution in [2.24, 2.45) is 5.92 Å². The molecule has 1 fully saturated rings. The molecule has 2 aromatic carbocycles. The van der Waals surface area contributed by atoms with Crippen molar-refractivity contribution in [2.75, 3.05) is 40.5 Å². The summed E-state index contributed by atoms with van der Waals surface area (Å²) in [6, 6.07) is 12.8. The average Bonchev–Trinajstić information content (AvgIpc) is 2.87. The normalized spacial score (nSPS) is 14.9. The van der Waals surface area contributed by atoms with Crippen molar-refractivity contribution >= 4 is 29.3 Å². The van der Waals surface area contributed by atoms with Crippen molar-refractivity contribution in [2.45, 2.75) is 18.9 Å². The molecule has 2 aromatic rings. The van der Waals surface area contributed by atoms with E-state index in [0.717, 1.165) is 0 Å². The van der Waals surface area contributed by atoms with E-state index in [0.29, 0.717) is 61.0 Å². The largest absolute Gasteiger partial charge is 0.497 e. The first-order valence-electron chi connectivity index (χ1n) is 11.2. The number of ether oxygens (including phenoxy) is 2. The van der Waals surface area contributed by atoms with Crippen LogP contribution in [-0.4, -0.2) is 69.1 Å². The van der Waals surface area contributed by atoms with Crippen molar-refractivity contribution in [3.05, 3.63) is 64.7 Å². The number of likely N-dealkylation sites (tertiary alicyclic amines) is 1. The van der Waals surface area contributed by atoms with E-state index < -0.39 is 6.04 Å². The fraction of sp³-hybridized carbons (Fsp3) is 0.400. The molecule has 182 valence electrons. The standard InChI is InChI=1S/C25H30ClN3O5/c1-33-16-13-27-24(31)22(28-23(30)18-5-9-21(34-2)10-6-18)17-11-14-29(15-12-17)25(32)19-3-7-20(26)8-4-19/h3-10,17,22H,11-16H2,1-2H3,(H,27,31)(H,28,30). The van der Waals surface area contributed by atoms with Crippen LogP contribution in [0.4, 0.5) is 0 Å². The van der Waals surface area contributed by atoms with Crippen LogP contribution in [0.15, 0.2) is 48.5 Å². The van der Waals surface area contributed by atoms with Crippen molar-refractivity contribution in [1.29, 1.82) is 0 Å². The number of halogens is 1. The molecule has 0 aliphatic carbocycles. The molecule has 0 bridgehead atoms. The first-order chi connectivity index (χ1) is 16.4. The molecule has 1 heterocycles. The Bertz CT molecular complexity index is 973. The fourth-order valence-electron chi connectivity index (χ4n) is 3.96. The van der Waals surface area contributed by atoms with Crippen LogP contribution >= 0.6 is 11.6 Å². The Morgan fingerprint density at radius 1 is 1.00 bits per heavy atom. The highest BCUT2D eigenvalue weighted by atomic mass is 35.5. The molecule has 0 saturated carbocycles. The molecule has 34 heavy (non-hydrogen) atoms. The molecule has 0 aromatic heterocycles. The minimum absolute atomic E-state index is 0.0709. The molecule has 2 N–H and O–H groups in total. The number of rotatable bonds is 9. The van der Waals surface area contributed by atoms with Crippen LogP contribution in [0.5, 0.6) is 5.75 Å². The van der Waals surface area contributed by atoms with Gasteiger partial charge < -0.3 is 25.0 Å². The Labute approximate surface area is 204 Å². The molecule has 0 spiro atoms. The van der Waals surface area contributed by atoms with Gasteiger partial charge in [-0.1, -0.05) is 11.6 Å². The summed E-state index contributed by atoms with van der Waals surface area (Å²) in [5.41, 5.74) is 1.01. The number of amides is 3. The summed E-state index contributed by atoms with van der Waals surface area (Å²) in [6.07, 6.45) is 1.18. The molecule has 0 radical (unpaired) electrons. The van der Waals surface area contributed by atoms with Crippen LogP contribution in [0.3, 0.4) is 0 Å². The second kappa shape index (κ2) is 12.4. The summed E-state index contributed by atoms with van der Waals surface area (Å²) < 4.78 is 10.2. The van der Waals surface area contributed by atoms with Gasteiger partial charge in [-0.15, -0.1) is 0 Å². The molecular formula is C25H30ClN3O5. The summed E-state index contributed by atoms with van der Waals surface area (Å²) >= 11 is 5.92. The number of carbonyl (C=O) groups is 3. The van der Waals surface area contributed by atoms with Crippen molar-refractivity contribution in [3.8, 4) is 5.75 Å². The molecule has 1 aliphatic heterocycles. The van der Waals surface area contributed by atoms with E-state index in [9.17, 15) is 14.4 Å². The number of carbonyl (C=O) groups excluding carboxylic acids is 3. The lowest BCUT2D eigenvalue weighted by molar-refractivity contribution is -0.124. The topological polar surface area (TPSA) is 97.0 Å². The number of hydrogen-bond donors (Lipinski definition) is 2. The Kier molecular flexibility index (Phi) is 9.30. The summed E-state index contributed by atoms with van der Waals surface area (Å²) in [7, 11) is 3.11. The van der Waals surface area contributed by atoms with Gasteiger partial charge in [0.25, 0.3) is 11.8 Å². The van der Waals surface area contributed by atoms with E-state index in [4.69, 9.17) is 21.1 Å². The van der Waals surface area contributed by atoms with Gasteiger partial charge in [0.05, 0.1) is 13.7 Å². The summed E-state index contributed by atoms with van der Waals surface area (Å²) in [4.78, 5) is 40.4. The Morgan fingerprint density at radius 3 is 2.21 bits per heavy atom. The second-order valence-corrected chi connectivity index (χ2v) is 8.54. The smallest absolute Gasteiger partial charge is 0.253 e. The van der Waals surface area contributed by atoms with Crippen molar-refractivity contribution in [1.82, 2.24) is 15.5 Å². The zero-order valence-corrected chi connectivity index (χ0v) is 20.1. The van der Waals surface area contributed by atoms with Gasteiger partial charge in [-0.05, 0) is 67.3 Å². The minimum atomic E-state index is -0.723. The molecule has 1 aliphatic rings. The Morgan fingerprint density at radius 2 is 1.62 bits per heavy atom. The number of methoxy groups -OCH3 is 2. The maximum Gasteiger partial charge on any atom is 0.253 e. The van der Waals surface area contributed by atoms with Crippen LogP contribution in [0.1, 0.15) is 33.6 Å². The maximum absolute atomic E-state index is 13.0. The van der Waals surface area contributed by atoms with Gasteiger partial charge in [0.1, 0.15) is 11.8 Å². The number of hydrogen-bond acceptors (Lipinski definition) is 5. The van der Waals surface area contributed by atoms with Crippen LogP contribution in [0, 0.1) is 5.92 Å². The summed E-state index contributed by atoms with van der Waals surface area (Å²) in [5.74, 6) is -0.142. The molecule has 9 heteroatoms. The lowest BCUT2D eigenvalue weighted by atomic mass is 9.88. The molecule has 3 amide bonds. The van der Waals surface area contributed by atoms with E-state index in [1.54, 1.807) is 67.7 Å². The summed E-state index contributed by atoms with van der Waals surface area (Å²) in [6.45, 7) is 1.70. The van der Waals surface area contributed by atoms with Gasteiger partial charge >= 0.3 is 0 Å². The highest BCUT2D eigenvalue weighted by Gasteiger charge is 2.34. The third kappa shape index (κ3) is 6.71. The van der Waals surface area contributed by atoms with Gasteiger partial charge in [-0.3, -0.25) is 14.4 Å². The van der Waals surface area contributed by atoms with Crippen molar-refractivity contribution in [3.63, 3.8) is 0 Å². The van der Waals surface area contributed by atoms with Gasteiger partial charge in [-0.25, -0.2) is 0 Å². The molecule has 8 nitrogen and oxygen atoms in total. The quantitative estimate of drug-likeness (QED) is 0.530. The summed E-state index contributed by atoms with van der Waals surface area (Å²) in [5, 5.41) is 6.30. The van der Waals surface area contributed by atoms with Crippen LogP contribution < -0.4 is 15.4 Å². The Balaban J connectivity index is 1.66. The second-order valence-electron chi connectivity index (χ2n) is 8.10. The van der Waals surface area contributed by atoms with Crippen LogP contribution in [-0.2, 0) is 9.53 Å². The number of nitrogens with zero attached hydrogens (tertiary/aromatic N) is 1. The van der Waals surface area contributed by atoms with Crippen LogP contribution in [0.25, 0.3) is 0 Å². The highest BCUT2D eigenvalue weighted by Crippen LogP contribution is 2.23. The SMILES string of the molecule is COCCNC(=O)C(NC(=O)c1ccc(OC)cc1)C1CCN(C(=O)c2ccc(Cl)cc2)CC1. The number of nitrogens with one attached hydrogen (secondary N) is 2. The van der Waals surface area contributed by atoms with E-state index in [2.05, 4.69) is 10.6 Å². The first-order valence-corrected chi connectivity index (χ1v) is 11.6. The van der Waals surface area contributed by atoms with E-state index in [-0.39, 0.29) is 23.6 Å². The van der Waals surface area contributed by atoms with E-state index in [1.165, 1.54) is 0 Å². The van der Waals surface area contributed by atoms with E-state index >= 15 is 0 Å². The lowest BCUT2D eigenvalue weighted by Crippen LogP contribution is -2.54. The van der Waals surface area contributed by atoms with Crippen molar-refractivity contribution < 1.29 is 23.9 Å². The molecule has 1 atom stereocenters. The van der Waals surface area contributed by atoms with Gasteiger partial charge in [0.2, 0.25) is 5.91 Å². The molecule has 3 rings (SSSR count). The minimum Gasteiger partial charge on any atom is -0.497 e. The number of piperidine rings is 1. The highest BCUT2D eigenvalue weighted by molar-refractivity contribution is 6.30. The molecular weight excluding hydrogens is 458 g/mol. The predicted molar refractivity (Wildman–Crippen MR) is 129 cm³/mol. The monoisotopic (exact) mass is 487 g/mol.